The van der Waals surface area contributed by atoms with Gasteiger partial charge in [0.25, 0.3) is 0 Å². The van der Waals surface area contributed by atoms with Crippen LogP contribution < -0.4 is 0 Å². The monoisotopic (exact) mass is 361 g/mol. The van der Waals surface area contributed by atoms with Crippen molar-refractivity contribution in [3.05, 3.63) is 77.3 Å². The van der Waals surface area contributed by atoms with Crippen LogP contribution in [-0.2, 0) is 15.1 Å². The maximum Gasteiger partial charge on any atom is 0.423 e. The van der Waals surface area contributed by atoms with Gasteiger partial charge in [0, 0.05) is 6.54 Å². The largest absolute Gasteiger partial charge is 0.442 e. The number of esters is 1. The van der Waals surface area contributed by atoms with Gasteiger partial charge in [-0.05, 0) is 43.0 Å². The highest BCUT2D eigenvalue weighted by Crippen LogP contribution is 2.47. The summed E-state index contributed by atoms with van der Waals surface area (Å²) in [5, 5.41) is 0. The lowest BCUT2D eigenvalue weighted by molar-refractivity contribution is -0.211. The van der Waals surface area contributed by atoms with E-state index in [2.05, 4.69) is 16.6 Å². The van der Waals surface area contributed by atoms with E-state index in [0.29, 0.717) is 18.0 Å². The van der Waals surface area contributed by atoms with Crippen molar-refractivity contribution in [2.45, 2.75) is 31.4 Å². The zero-order chi connectivity index (χ0) is 18.9. The Morgan fingerprint density at radius 2 is 1.81 bits per heavy atom. The highest BCUT2D eigenvalue weighted by molar-refractivity contribution is 6.40. The van der Waals surface area contributed by atoms with Crippen molar-refractivity contribution in [1.82, 2.24) is 4.90 Å². The van der Waals surface area contributed by atoms with Gasteiger partial charge < -0.3 is 10.3 Å². The van der Waals surface area contributed by atoms with E-state index in [0.717, 1.165) is 18.5 Å². The van der Waals surface area contributed by atoms with Crippen LogP contribution in [0.25, 0.3) is 5.53 Å². The number of fused-ring (bicyclic) bond motifs is 1. The Hall–Kier alpha value is -2.75. The van der Waals surface area contributed by atoms with Crippen LogP contribution in [0.5, 0.6) is 0 Å². The van der Waals surface area contributed by atoms with Gasteiger partial charge in [-0.15, -0.1) is 0 Å². The number of ether oxygens (including phenoxy) is 1. The zero-order valence-electron chi connectivity index (χ0n) is 15.4. The molecule has 0 radical (unpaired) electrons. The third-order valence-electron chi connectivity index (χ3n) is 5.83. The molecule has 0 spiro atoms. The number of carbonyl (C=O) groups excluding carboxylic acids is 1. The van der Waals surface area contributed by atoms with Gasteiger partial charge in [0.05, 0.1) is 11.6 Å². The van der Waals surface area contributed by atoms with Crippen LogP contribution in [0.2, 0.25) is 0 Å². The Kier molecular flexibility index (Phi) is 4.65. The van der Waals surface area contributed by atoms with E-state index in [1.54, 1.807) is 24.3 Å². The fourth-order valence-electron chi connectivity index (χ4n) is 4.35. The summed E-state index contributed by atoms with van der Waals surface area (Å²) in [6.07, 6.45) is 2.15. The van der Waals surface area contributed by atoms with Gasteiger partial charge in [-0.1, -0.05) is 55.5 Å². The summed E-state index contributed by atoms with van der Waals surface area (Å²) in [5.74, 6) is -0.00104. The van der Waals surface area contributed by atoms with Gasteiger partial charge in [-0.25, -0.2) is 4.79 Å². The van der Waals surface area contributed by atoms with E-state index in [4.69, 9.17) is 4.74 Å². The molecule has 4 rings (SSSR count). The third kappa shape index (κ3) is 3.09. The maximum atomic E-state index is 13.0. The molecule has 5 heteroatoms. The molecule has 0 aromatic heterocycles. The highest BCUT2D eigenvalue weighted by atomic mass is 16.6. The minimum Gasteiger partial charge on any atom is -0.442 e. The molecule has 2 saturated heterocycles. The number of nitrogens with zero attached hydrogens (tertiary/aromatic N) is 3. The van der Waals surface area contributed by atoms with Gasteiger partial charge >= 0.3 is 11.7 Å². The van der Waals surface area contributed by atoms with E-state index in [-0.39, 0.29) is 11.8 Å². The molecule has 2 aromatic rings. The van der Waals surface area contributed by atoms with Gasteiger partial charge in [0.2, 0.25) is 0 Å². The summed E-state index contributed by atoms with van der Waals surface area (Å²) < 4.78 is 6.11. The first-order valence-corrected chi connectivity index (χ1v) is 9.44. The van der Waals surface area contributed by atoms with Crippen LogP contribution in [0.1, 0.15) is 30.9 Å². The molecule has 0 bridgehead atoms. The fraction of sp³-hybridized carbons (Fsp3) is 0.364. The van der Waals surface area contributed by atoms with Gasteiger partial charge in [-0.3, -0.25) is 4.90 Å². The minimum atomic E-state index is -0.697. The second-order valence-electron chi connectivity index (χ2n) is 7.58. The Morgan fingerprint density at radius 3 is 2.48 bits per heavy atom. The number of hydrogen-bond donors (Lipinski definition) is 0. The summed E-state index contributed by atoms with van der Waals surface area (Å²) in [6, 6.07) is 19.0. The smallest absolute Gasteiger partial charge is 0.423 e. The average Bonchev–Trinajstić information content (AvgIpc) is 2.70. The molecule has 5 nitrogen and oxygen atoms in total. The van der Waals surface area contributed by atoms with E-state index >= 15 is 0 Å². The number of carbonyl (C=O) groups is 1. The van der Waals surface area contributed by atoms with E-state index in [9.17, 15) is 10.3 Å². The predicted octanol–water partition coefficient (Wildman–Crippen LogP) is 3.26. The molecule has 0 aliphatic carbocycles. The van der Waals surface area contributed by atoms with E-state index < -0.39 is 11.6 Å². The van der Waals surface area contributed by atoms with Crippen molar-refractivity contribution in [3.63, 3.8) is 0 Å². The van der Waals surface area contributed by atoms with E-state index in [1.807, 2.05) is 36.4 Å². The van der Waals surface area contributed by atoms with Crippen LogP contribution >= 0.6 is 0 Å². The maximum absolute atomic E-state index is 13.0. The van der Waals surface area contributed by atoms with Crippen molar-refractivity contribution in [1.29, 1.82) is 0 Å². The molecular weight excluding hydrogens is 338 g/mol. The second-order valence-corrected chi connectivity index (χ2v) is 7.58. The van der Waals surface area contributed by atoms with Crippen LogP contribution in [0.3, 0.4) is 0 Å². The first kappa shape index (κ1) is 17.7. The average molecular weight is 361 g/mol. The molecule has 2 heterocycles. The van der Waals surface area contributed by atoms with E-state index in [1.165, 1.54) is 6.42 Å². The molecule has 2 fully saturated rings. The second kappa shape index (κ2) is 7.10. The molecule has 2 aliphatic heterocycles. The minimum absolute atomic E-state index is 0.0618. The molecule has 0 amide bonds. The third-order valence-corrected chi connectivity index (χ3v) is 5.83. The molecule has 0 unspecified atom stereocenters. The van der Waals surface area contributed by atoms with Gasteiger partial charge in [0.1, 0.15) is 0 Å². The molecule has 0 N–H and O–H groups in total. The number of hydrogen-bond acceptors (Lipinski definition) is 3. The molecular formula is C22H23N3O2. The van der Waals surface area contributed by atoms with Crippen LogP contribution in [-0.4, -0.2) is 40.5 Å². The number of piperidine rings is 1. The topological polar surface area (TPSA) is 65.9 Å². The first-order chi connectivity index (χ1) is 13.1. The summed E-state index contributed by atoms with van der Waals surface area (Å²) in [4.78, 5) is 18.6. The summed E-state index contributed by atoms with van der Waals surface area (Å²) in [5.41, 5.74) is 10.2. The Morgan fingerprint density at radius 1 is 1.15 bits per heavy atom. The Labute approximate surface area is 159 Å². The zero-order valence-corrected chi connectivity index (χ0v) is 15.4. The van der Waals surface area contributed by atoms with Crippen molar-refractivity contribution in [2.24, 2.45) is 5.92 Å². The summed E-state index contributed by atoms with van der Waals surface area (Å²) >= 11 is 0. The van der Waals surface area contributed by atoms with Gasteiger partial charge in [-0.2, -0.15) is 4.79 Å². The lowest BCUT2D eigenvalue weighted by Gasteiger charge is -2.59. The molecule has 2 aliphatic rings. The summed E-state index contributed by atoms with van der Waals surface area (Å²) in [6.45, 7) is 3.95. The molecule has 0 saturated carbocycles. The highest BCUT2D eigenvalue weighted by Gasteiger charge is 2.58. The van der Waals surface area contributed by atoms with Crippen molar-refractivity contribution >= 4 is 11.7 Å². The van der Waals surface area contributed by atoms with Crippen molar-refractivity contribution in [3.8, 4) is 0 Å². The predicted molar refractivity (Wildman–Crippen MR) is 102 cm³/mol. The lowest BCUT2D eigenvalue weighted by atomic mass is 9.71. The SMILES string of the molecule is C[C@H]1CCN2C[C@](OC(=O)C(=[N+]=[N-])c3ccccc3)(c3ccccc3)[C@H]2C1. The quantitative estimate of drug-likeness (QED) is 0.363. The first-order valence-electron chi connectivity index (χ1n) is 9.44. The standard InChI is InChI=1S/C22H23N3O2/c1-16-12-13-25-15-22(19(25)14-16,18-10-6-3-7-11-18)27-21(26)20(24-23)17-8-4-2-5-9-17/h2-11,16,19H,12-15H2,1H3/t16-,19+,22-/m0/s1. The van der Waals surface area contributed by atoms with Gasteiger partial charge in [0.15, 0.2) is 5.60 Å². The molecule has 3 atom stereocenters. The number of rotatable bonds is 4. The van der Waals surface area contributed by atoms with Crippen molar-refractivity contribution in [2.75, 3.05) is 13.1 Å². The molecule has 27 heavy (non-hydrogen) atoms. The number of benzene rings is 2. The van der Waals surface area contributed by atoms with Crippen molar-refractivity contribution < 1.29 is 14.3 Å². The Bertz CT molecular complexity index is 877. The summed E-state index contributed by atoms with van der Waals surface area (Å²) in [7, 11) is 0. The molecule has 138 valence electrons. The normalized spacial score (nSPS) is 27.0. The fourth-order valence-corrected chi connectivity index (χ4v) is 4.35. The Balaban J connectivity index is 1.67. The van der Waals surface area contributed by atoms with Crippen LogP contribution in [0, 0.1) is 5.92 Å². The van der Waals surface area contributed by atoms with Crippen LogP contribution in [0.15, 0.2) is 60.7 Å². The molecule has 2 aromatic carbocycles. The van der Waals surface area contributed by atoms with Crippen LogP contribution in [0.4, 0.5) is 0 Å². The lowest BCUT2D eigenvalue weighted by Crippen LogP contribution is -2.71.